The minimum atomic E-state index is -3.07. The second-order valence-electron chi connectivity index (χ2n) is 8.36. The van der Waals surface area contributed by atoms with E-state index in [2.05, 4.69) is 23.5 Å². The molecule has 1 amide bonds. The molecule has 0 N–H and O–H groups in total. The largest absolute Gasteiger partial charge is 0.329 e. The second-order valence-corrected chi connectivity index (χ2v) is 8.77. The van der Waals surface area contributed by atoms with Gasteiger partial charge in [0.2, 0.25) is 5.95 Å². The van der Waals surface area contributed by atoms with Crippen molar-refractivity contribution in [3.05, 3.63) is 58.1 Å². The molecule has 4 rings (SSSR count). The molecule has 0 saturated heterocycles. The molecule has 1 aromatic heterocycles. The van der Waals surface area contributed by atoms with Crippen molar-refractivity contribution >= 4 is 23.1 Å². The molecule has 1 aromatic carbocycles. The van der Waals surface area contributed by atoms with E-state index < -0.39 is 35.6 Å². The fourth-order valence-corrected chi connectivity index (χ4v) is 3.97. The summed E-state index contributed by atoms with van der Waals surface area (Å²) in [5, 5.41) is 3.94. The molecule has 1 heterocycles. The highest BCUT2D eigenvalue weighted by Crippen LogP contribution is 2.37. The highest BCUT2D eigenvalue weighted by Gasteiger charge is 2.41. The van der Waals surface area contributed by atoms with Gasteiger partial charge in [-0.05, 0) is 55.9 Å². The lowest BCUT2D eigenvalue weighted by atomic mass is 9.98. The Labute approximate surface area is 190 Å². The molecule has 4 nitrogen and oxygen atoms in total. The number of aromatic nitrogens is 2. The third-order valence-electron chi connectivity index (χ3n) is 5.83. The van der Waals surface area contributed by atoms with Crippen molar-refractivity contribution in [2.45, 2.75) is 51.1 Å². The average Bonchev–Trinajstić information content (AvgIpc) is 3.66. The van der Waals surface area contributed by atoms with Crippen LogP contribution in [0.25, 0.3) is 5.57 Å². The third kappa shape index (κ3) is 4.42. The van der Waals surface area contributed by atoms with Gasteiger partial charge in [0.25, 0.3) is 12.3 Å². The van der Waals surface area contributed by atoms with Crippen molar-refractivity contribution in [1.82, 2.24) is 14.7 Å². The van der Waals surface area contributed by atoms with Crippen LogP contribution in [0.3, 0.4) is 0 Å². The molecular formula is C24H23ClF3N3O. The second kappa shape index (κ2) is 8.67. The van der Waals surface area contributed by atoms with E-state index in [1.54, 1.807) is 19.1 Å². The van der Waals surface area contributed by atoms with Crippen LogP contribution in [0.5, 0.6) is 0 Å². The van der Waals surface area contributed by atoms with Crippen LogP contribution in [0.4, 0.5) is 13.2 Å². The van der Waals surface area contributed by atoms with Crippen molar-refractivity contribution in [3.63, 3.8) is 0 Å². The van der Waals surface area contributed by atoms with E-state index >= 15 is 0 Å². The fraction of sp³-hybridized carbons (Fsp3) is 0.417. The summed E-state index contributed by atoms with van der Waals surface area (Å²) in [6, 6.07) is 4.63. The minimum Gasteiger partial charge on any atom is -0.329 e. The smallest absolute Gasteiger partial charge is 0.283 e. The number of carbonyl (C=O) groups excluding carboxylic acids is 1. The molecule has 1 unspecified atom stereocenters. The normalized spacial score (nSPS) is 16.5. The van der Waals surface area contributed by atoms with E-state index in [1.165, 1.54) is 11.9 Å². The standard InChI is InChI=1S/C24H23ClF3N3O/c1-13(18-11-8-16(12-19(18)25)7-6-15-4-5-15)14(2)31(17-9-10-17)24(32)20-21(22(26)27)29-30(3)23(20)28/h8,11-12,14-15,17,22H,1,4-5,9-10H2,2-3H3. The van der Waals surface area contributed by atoms with E-state index in [4.69, 9.17) is 11.6 Å². The van der Waals surface area contributed by atoms with Crippen LogP contribution in [-0.2, 0) is 7.05 Å². The van der Waals surface area contributed by atoms with Gasteiger partial charge >= 0.3 is 0 Å². The van der Waals surface area contributed by atoms with Gasteiger partial charge in [0, 0.05) is 29.6 Å². The molecule has 32 heavy (non-hydrogen) atoms. The quantitative estimate of drug-likeness (QED) is 0.524. The van der Waals surface area contributed by atoms with Gasteiger partial charge < -0.3 is 4.90 Å². The molecular weight excluding hydrogens is 439 g/mol. The van der Waals surface area contributed by atoms with Crippen molar-refractivity contribution in [1.29, 1.82) is 0 Å². The van der Waals surface area contributed by atoms with E-state index in [1.807, 2.05) is 6.07 Å². The zero-order chi connectivity index (χ0) is 23.2. The number of carbonyl (C=O) groups is 1. The number of halogens is 4. The first-order valence-electron chi connectivity index (χ1n) is 10.5. The lowest BCUT2D eigenvalue weighted by molar-refractivity contribution is 0.0698. The van der Waals surface area contributed by atoms with E-state index in [0.29, 0.717) is 39.6 Å². The Morgan fingerprint density at radius 3 is 2.56 bits per heavy atom. The molecule has 2 saturated carbocycles. The maximum atomic E-state index is 14.6. The van der Waals surface area contributed by atoms with E-state index in [-0.39, 0.29) is 6.04 Å². The molecule has 0 spiro atoms. The highest BCUT2D eigenvalue weighted by molar-refractivity contribution is 6.32. The van der Waals surface area contributed by atoms with Gasteiger partial charge in [-0.25, -0.2) is 13.5 Å². The van der Waals surface area contributed by atoms with Gasteiger partial charge in [0.15, 0.2) is 0 Å². The van der Waals surface area contributed by atoms with Gasteiger partial charge in [-0.2, -0.15) is 9.49 Å². The van der Waals surface area contributed by atoms with Crippen LogP contribution >= 0.6 is 11.6 Å². The molecule has 0 aliphatic heterocycles. The van der Waals surface area contributed by atoms with Crippen LogP contribution in [0.15, 0.2) is 24.8 Å². The molecule has 8 heteroatoms. The van der Waals surface area contributed by atoms with Crippen LogP contribution in [0, 0.1) is 23.7 Å². The summed E-state index contributed by atoms with van der Waals surface area (Å²) >= 11 is 6.49. The number of hydrogen-bond donors (Lipinski definition) is 0. The first-order valence-corrected chi connectivity index (χ1v) is 10.9. The Morgan fingerprint density at radius 2 is 2.00 bits per heavy atom. The first-order chi connectivity index (χ1) is 15.2. The van der Waals surface area contributed by atoms with Crippen molar-refractivity contribution in [2.75, 3.05) is 0 Å². The zero-order valence-electron chi connectivity index (χ0n) is 17.8. The molecule has 2 fully saturated rings. The Hall–Kier alpha value is -2.72. The number of alkyl halides is 2. The molecule has 0 radical (unpaired) electrons. The summed E-state index contributed by atoms with van der Waals surface area (Å²) in [6.07, 6.45) is 0.603. The predicted molar refractivity (Wildman–Crippen MR) is 117 cm³/mol. The van der Waals surface area contributed by atoms with Crippen LogP contribution in [0.2, 0.25) is 5.02 Å². The predicted octanol–water partition coefficient (Wildman–Crippen LogP) is 5.62. The van der Waals surface area contributed by atoms with Gasteiger partial charge in [0.1, 0.15) is 11.3 Å². The van der Waals surface area contributed by atoms with Crippen molar-refractivity contribution in [2.24, 2.45) is 13.0 Å². The monoisotopic (exact) mass is 461 g/mol. The van der Waals surface area contributed by atoms with Crippen LogP contribution in [-0.4, -0.2) is 32.7 Å². The average molecular weight is 462 g/mol. The summed E-state index contributed by atoms with van der Waals surface area (Å²) < 4.78 is 42.1. The maximum absolute atomic E-state index is 14.6. The van der Waals surface area contributed by atoms with Crippen molar-refractivity contribution < 1.29 is 18.0 Å². The molecule has 0 bridgehead atoms. The number of rotatable bonds is 6. The molecule has 168 valence electrons. The number of amides is 1. The van der Waals surface area contributed by atoms with Crippen LogP contribution in [0.1, 0.15) is 66.2 Å². The molecule has 2 aromatic rings. The van der Waals surface area contributed by atoms with Gasteiger partial charge in [-0.3, -0.25) is 4.79 Å². The summed E-state index contributed by atoms with van der Waals surface area (Å²) in [4.78, 5) is 14.7. The molecule has 2 aliphatic rings. The fourth-order valence-electron chi connectivity index (χ4n) is 3.67. The SMILES string of the molecule is C=C(c1ccc(C#CC2CC2)cc1Cl)C(C)N(C(=O)c1c(C(F)F)nn(C)c1F)C1CC1. The minimum absolute atomic E-state index is 0.179. The Balaban J connectivity index is 1.62. The van der Waals surface area contributed by atoms with Crippen molar-refractivity contribution in [3.8, 4) is 11.8 Å². The molecule has 2 aliphatic carbocycles. The first kappa shape index (κ1) is 22.5. The summed E-state index contributed by atoms with van der Waals surface area (Å²) in [7, 11) is 1.19. The Kier molecular flexibility index (Phi) is 6.09. The summed E-state index contributed by atoms with van der Waals surface area (Å²) in [5.74, 6) is 4.86. The number of nitrogens with zero attached hydrogens (tertiary/aromatic N) is 3. The Bertz CT molecular complexity index is 1140. The molecule has 1 atom stereocenters. The topological polar surface area (TPSA) is 38.1 Å². The summed E-state index contributed by atoms with van der Waals surface area (Å²) in [5.41, 5.74) is 0.427. The van der Waals surface area contributed by atoms with Gasteiger partial charge in [0.05, 0.1) is 6.04 Å². The van der Waals surface area contributed by atoms with E-state index in [0.717, 1.165) is 18.4 Å². The lowest BCUT2D eigenvalue weighted by Gasteiger charge is -2.31. The maximum Gasteiger partial charge on any atom is 0.283 e. The van der Waals surface area contributed by atoms with Crippen LogP contribution < -0.4 is 0 Å². The zero-order valence-corrected chi connectivity index (χ0v) is 18.6. The van der Waals surface area contributed by atoms with Gasteiger partial charge in [-0.1, -0.05) is 36.1 Å². The highest BCUT2D eigenvalue weighted by atomic mass is 35.5. The lowest BCUT2D eigenvalue weighted by Crippen LogP contribution is -2.41. The number of aryl methyl sites for hydroxylation is 1. The number of hydrogen-bond acceptors (Lipinski definition) is 2. The van der Waals surface area contributed by atoms with Gasteiger partial charge in [-0.15, -0.1) is 0 Å². The third-order valence-corrected chi connectivity index (χ3v) is 6.15. The summed E-state index contributed by atoms with van der Waals surface area (Å²) in [6.45, 7) is 5.86. The Morgan fingerprint density at radius 1 is 1.31 bits per heavy atom. The van der Waals surface area contributed by atoms with E-state index in [9.17, 15) is 18.0 Å². The number of benzene rings is 1.